The van der Waals surface area contributed by atoms with E-state index in [1.807, 2.05) is 6.07 Å². The average Bonchev–Trinajstić information content (AvgIpc) is 3.24. The number of hydrogen-bond acceptors (Lipinski definition) is 5. The molecule has 0 fully saturated rings. The molecule has 2 amide bonds. The molecule has 0 radical (unpaired) electrons. The minimum Gasteiger partial charge on any atom is -0.450 e. The van der Waals surface area contributed by atoms with Gasteiger partial charge >= 0.3 is 0 Å². The number of anilines is 1. The maximum absolute atomic E-state index is 14.0. The highest BCUT2D eigenvalue weighted by Crippen LogP contribution is 2.52. The van der Waals surface area contributed by atoms with Gasteiger partial charge in [0.15, 0.2) is 11.0 Å². The summed E-state index contributed by atoms with van der Waals surface area (Å²) in [5, 5.41) is 11.3. The molecule has 2 aliphatic heterocycles. The summed E-state index contributed by atoms with van der Waals surface area (Å²) in [5.41, 5.74) is -0.181. The fourth-order valence-corrected chi connectivity index (χ4v) is 5.25. The first-order valence-electron chi connectivity index (χ1n) is 10.9. The first kappa shape index (κ1) is 20.4. The van der Waals surface area contributed by atoms with Gasteiger partial charge in [0.2, 0.25) is 5.76 Å². The zero-order chi connectivity index (χ0) is 23.6. The van der Waals surface area contributed by atoms with Gasteiger partial charge in [-0.1, -0.05) is 60.7 Å². The predicted molar refractivity (Wildman–Crippen MR) is 126 cm³/mol. The third-order valence-corrected chi connectivity index (χ3v) is 6.81. The molecule has 3 aromatic carbocycles. The monoisotopic (exact) mass is 452 g/mol. The molecule has 2 aliphatic rings. The minimum atomic E-state index is -1.72. The Bertz CT molecular complexity index is 1540. The molecule has 7 nitrogen and oxygen atoms in total. The average molecular weight is 452 g/mol. The molecule has 168 valence electrons. The van der Waals surface area contributed by atoms with Crippen molar-refractivity contribution in [2.75, 3.05) is 18.5 Å². The van der Waals surface area contributed by atoms with Gasteiger partial charge in [-0.2, -0.15) is 0 Å². The van der Waals surface area contributed by atoms with Crippen molar-refractivity contribution in [3.8, 4) is 0 Å². The number of rotatable bonds is 3. The van der Waals surface area contributed by atoms with Crippen molar-refractivity contribution >= 4 is 28.5 Å². The van der Waals surface area contributed by atoms with Crippen molar-refractivity contribution in [2.45, 2.75) is 11.6 Å². The second kappa shape index (κ2) is 7.13. The van der Waals surface area contributed by atoms with E-state index in [1.54, 1.807) is 79.8 Å². The largest absolute Gasteiger partial charge is 0.450 e. The van der Waals surface area contributed by atoms with E-state index in [4.69, 9.17) is 4.42 Å². The minimum absolute atomic E-state index is 0.00161. The predicted octanol–water partition coefficient (Wildman–Crippen LogP) is 3.20. The number of nitrogens with zero attached hydrogens (tertiary/aromatic N) is 2. The van der Waals surface area contributed by atoms with E-state index in [9.17, 15) is 19.5 Å². The molecule has 7 heteroatoms. The number of benzene rings is 3. The van der Waals surface area contributed by atoms with Gasteiger partial charge in [-0.15, -0.1) is 0 Å². The standard InChI is InChI=1S/C27H20N2O5/c1-28-19-13-7-6-12-18(19)27(26(28)33)22-23(31)17-11-5-8-14-21(17)34-24(22)25(32)29(27)15-20(30)16-9-3-2-4-10-16/h2-14,20,30H,15H2,1H3. The van der Waals surface area contributed by atoms with E-state index in [2.05, 4.69) is 0 Å². The number of aliphatic hydroxyl groups excluding tert-OH is 1. The van der Waals surface area contributed by atoms with E-state index >= 15 is 0 Å². The molecular formula is C27H20N2O5. The zero-order valence-electron chi connectivity index (χ0n) is 18.3. The topological polar surface area (TPSA) is 91.1 Å². The molecule has 1 N–H and O–H groups in total. The number of β-amino-alcohol motifs (C(OH)–C–C–N with tert-alkyl or cyclic N) is 1. The van der Waals surface area contributed by atoms with Gasteiger partial charge in [0.05, 0.1) is 23.6 Å². The summed E-state index contributed by atoms with van der Waals surface area (Å²) >= 11 is 0. The van der Waals surface area contributed by atoms with Crippen molar-refractivity contribution in [3.63, 3.8) is 0 Å². The third kappa shape index (κ3) is 2.47. The van der Waals surface area contributed by atoms with Crippen LogP contribution in [0.25, 0.3) is 11.0 Å². The third-order valence-electron chi connectivity index (χ3n) is 6.81. The lowest BCUT2D eigenvalue weighted by Crippen LogP contribution is -2.53. The Morgan fingerprint density at radius 1 is 0.912 bits per heavy atom. The van der Waals surface area contributed by atoms with Crippen LogP contribution in [0.1, 0.15) is 33.3 Å². The molecule has 0 saturated carbocycles. The number of aliphatic hydroxyl groups is 1. The molecule has 2 atom stereocenters. The number of likely N-dealkylation sites (N-methyl/N-ethyl adjacent to an activating group) is 1. The Balaban J connectivity index is 1.66. The lowest BCUT2D eigenvalue weighted by Gasteiger charge is -2.35. The number of amides is 2. The highest BCUT2D eigenvalue weighted by Gasteiger charge is 2.64. The van der Waals surface area contributed by atoms with Crippen LogP contribution in [-0.4, -0.2) is 35.4 Å². The van der Waals surface area contributed by atoms with Gasteiger partial charge in [-0.25, -0.2) is 0 Å². The van der Waals surface area contributed by atoms with Crippen LogP contribution in [0.5, 0.6) is 0 Å². The van der Waals surface area contributed by atoms with E-state index in [0.29, 0.717) is 22.2 Å². The van der Waals surface area contributed by atoms with Crippen molar-refractivity contribution in [3.05, 3.63) is 112 Å². The van der Waals surface area contributed by atoms with E-state index in [-0.39, 0.29) is 23.5 Å². The molecule has 0 bridgehead atoms. The van der Waals surface area contributed by atoms with Crippen LogP contribution in [0.15, 0.2) is 88.1 Å². The number of hydrogen-bond donors (Lipinski definition) is 1. The Morgan fingerprint density at radius 3 is 2.38 bits per heavy atom. The summed E-state index contributed by atoms with van der Waals surface area (Å²) in [6, 6.07) is 22.7. The van der Waals surface area contributed by atoms with Crippen LogP contribution in [0.3, 0.4) is 0 Å². The number of para-hydroxylation sites is 2. The lowest BCUT2D eigenvalue weighted by atomic mass is 9.83. The van der Waals surface area contributed by atoms with Crippen LogP contribution in [-0.2, 0) is 10.3 Å². The molecule has 4 aromatic rings. The maximum Gasteiger partial charge on any atom is 0.291 e. The molecule has 1 aromatic heterocycles. The summed E-state index contributed by atoms with van der Waals surface area (Å²) in [5.74, 6) is -1.21. The fourth-order valence-electron chi connectivity index (χ4n) is 5.25. The molecule has 0 aliphatic carbocycles. The maximum atomic E-state index is 14.0. The smallest absolute Gasteiger partial charge is 0.291 e. The van der Waals surface area contributed by atoms with E-state index in [1.165, 1.54) is 9.80 Å². The van der Waals surface area contributed by atoms with Crippen molar-refractivity contribution < 1.29 is 19.1 Å². The number of carbonyl (C=O) groups excluding carboxylic acids is 2. The fraction of sp³-hybridized carbons (Fsp3) is 0.148. The van der Waals surface area contributed by atoms with Crippen LogP contribution in [0.2, 0.25) is 0 Å². The van der Waals surface area contributed by atoms with Crippen molar-refractivity contribution in [1.82, 2.24) is 4.90 Å². The number of fused-ring (bicyclic) bond motifs is 5. The van der Waals surface area contributed by atoms with Crippen LogP contribution < -0.4 is 10.3 Å². The normalized spacial score (nSPS) is 19.7. The Hall–Kier alpha value is -4.23. The Morgan fingerprint density at radius 2 is 1.59 bits per heavy atom. The summed E-state index contributed by atoms with van der Waals surface area (Å²) in [7, 11) is 1.62. The highest BCUT2D eigenvalue weighted by molar-refractivity contribution is 6.16. The zero-order valence-corrected chi connectivity index (χ0v) is 18.3. The molecule has 2 unspecified atom stereocenters. The van der Waals surface area contributed by atoms with E-state index in [0.717, 1.165) is 0 Å². The summed E-state index contributed by atoms with van der Waals surface area (Å²) in [6.45, 7) is -0.198. The first-order valence-corrected chi connectivity index (χ1v) is 10.9. The van der Waals surface area contributed by atoms with E-state index < -0.39 is 28.9 Å². The molecule has 34 heavy (non-hydrogen) atoms. The molecule has 3 heterocycles. The van der Waals surface area contributed by atoms with Gasteiger partial charge in [-0.05, 0) is 23.8 Å². The summed E-state index contributed by atoms with van der Waals surface area (Å²) in [6.07, 6.45) is -1.08. The van der Waals surface area contributed by atoms with Crippen LogP contribution >= 0.6 is 0 Å². The van der Waals surface area contributed by atoms with Crippen molar-refractivity contribution in [2.24, 2.45) is 0 Å². The molecule has 6 rings (SSSR count). The van der Waals surface area contributed by atoms with Crippen LogP contribution in [0.4, 0.5) is 5.69 Å². The van der Waals surface area contributed by atoms with Gasteiger partial charge in [0.1, 0.15) is 5.58 Å². The van der Waals surface area contributed by atoms with Gasteiger partial charge in [0.25, 0.3) is 11.8 Å². The molecule has 1 spiro atoms. The quantitative estimate of drug-likeness (QED) is 0.516. The van der Waals surface area contributed by atoms with Gasteiger partial charge in [-0.3, -0.25) is 14.4 Å². The van der Waals surface area contributed by atoms with Gasteiger partial charge in [0, 0.05) is 18.3 Å². The second-order valence-corrected chi connectivity index (χ2v) is 8.57. The number of carbonyl (C=O) groups is 2. The second-order valence-electron chi connectivity index (χ2n) is 8.57. The Kier molecular flexibility index (Phi) is 4.28. The highest BCUT2D eigenvalue weighted by atomic mass is 16.3. The van der Waals surface area contributed by atoms with Gasteiger partial charge < -0.3 is 19.3 Å². The summed E-state index contributed by atoms with van der Waals surface area (Å²) < 4.78 is 5.96. The van der Waals surface area contributed by atoms with Crippen LogP contribution in [0, 0.1) is 0 Å². The van der Waals surface area contributed by atoms with Crippen molar-refractivity contribution in [1.29, 1.82) is 0 Å². The summed E-state index contributed by atoms with van der Waals surface area (Å²) in [4.78, 5) is 44.3. The first-order chi connectivity index (χ1) is 16.5. The molecular weight excluding hydrogens is 432 g/mol. The Labute approximate surface area is 194 Å². The molecule has 0 saturated heterocycles. The SMILES string of the molecule is CN1C(=O)C2(c3ccccc31)c1c(oc3ccccc3c1=O)C(=O)N2CC(O)c1ccccc1. The lowest BCUT2D eigenvalue weighted by molar-refractivity contribution is -0.126.